The third-order valence-electron chi connectivity index (χ3n) is 8.73. The van der Waals surface area contributed by atoms with E-state index in [1.807, 2.05) is 60.3 Å². The van der Waals surface area contributed by atoms with Gasteiger partial charge in [0.15, 0.2) is 0 Å². The van der Waals surface area contributed by atoms with E-state index < -0.39 is 12.1 Å². The average Bonchev–Trinajstić information content (AvgIpc) is 3.64. The molecule has 0 aliphatic carbocycles. The maximum atomic E-state index is 13.3. The second kappa shape index (κ2) is 19.7. The fourth-order valence-corrected chi connectivity index (χ4v) is 7.67. The molecular weight excluding hydrogens is 614 g/mol. The molecule has 2 saturated heterocycles. The molecule has 0 aromatic heterocycles. The summed E-state index contributed by atoms with van der Waals surface area (Å²) in [6.45, 7) is 0.509. The zero-order chi connectivity index (χ0) is 33.3. The van der Waals surface area contributed by atoms with Crippen molar-refractivity contribution in [3.05, 3.63) is 71.8 Å². The fraction of sp³-hybridized carbons (Fsp3) is 0.528. The number of benzene rings is 2. The Morgan fingerprint density at radius 1 is 0.830 bits per heavy atom. The molecule has 0 saturated carbocycles. The van der Waals surface area contributed by atoms with Crippen LogP contribution in [0.5, 0.6) is 0 Å². The molecule has 254 valence electrons. The predicted octanol–water partition coefficient (Wildman–Crippen LogP) is 3.82. The van der Waals surface area contributed by atoms with Gasteiger partial charge in [0.2, 0.25) is 17.7 Å². The average molecular weight is 664 g/mol. The van der Waals surface area contributed by atoms with E-state index in [1.165, 1.54) is 5.56 Å². The largest absolute Gasteiger partial charge is 0.356 e. The lowest BCUT2D eigenvalue weighted by Crippen LogP contribution is -2.51. The van der Waals surface area contributed by atoms with E-state index >= 15 is 0 Å². The Morgan fingerprint density at radius 2 is 1.53 bits per heavy atom. The van der Waals surface area contributed by atoms with Gasteiger partial charge in [-0.3, -0.25) is 14.4 Å². The van der Waals surface area contributed by atoms with E-state index in [0.717, 1.165) is 49.7 Å². The number of thioether (sulfide) groups is 1. The van der Waals surface area contributed by atoms with Gasteiger partial charge in [-0.25, -0.2) is 4.79 Å². The van der Waals surface area contributed by atoms with Crippen molar-refractivity contribution in [2.45, 2.75) is 106 Å². The highest BCUT2D eigenvalue weighted by Gasteiger charge is 2.42. The highest BCUT2D eigenvalue weighted by atomic mass is 32.2. The van der Waals surface area contributed by atoms with Crippen molar-refractivity contribution in [3.63, 3.8) is 0 Å². The molecule has 2 aliphatic heterocycles. The minimum atomic E-state index is -0.789. The number of carbonyl (C=O) groups is 5. The van der Waals surface area contributed by atoms with Gasteiger partial charge in [0.05, 0.1) is 18.1 Å². The Labute approximate surface area is 282 Å². The molecule has 2 heterocycles. The van der Waals surface area contributed by atoms with E-state index in [1.54, 1.807) is 0 Å². The minimum Gasteiger partial charge on any atom is -0.356 e. The standard InChI is InChI=1S/C36H49N5O5S/c42-24-28(18-11-12-22-37-32(43)20-10-8-19-31-34-30(25-47-31)40-36(46)41-34)38-35(45)29(23-27-16-5-2-6-17-27)39-33(44)21-9-7-15-26-13-3-1-4-14-26/h1-6,13-14,16-17,24,28-31,34H,7-12,15,18-23,25H2,(H,37,43)(H,38,45)(H,39,44)(H2,40,41,46)/t28-,29-,30-,31-,34-/m0/s1. The van der Waals surface area contributed by atoms with Crippen LogP contribution in [0.4, 0.5) is 4.79 Å². The molecule has 2 aromatic rings. The number of amides is 5. The second-order valence-corrected chi connectivity index (χ2v) is 13.7. The summed E-state index contributed by atoms with van der Waals surface area (Å²) in [6.07, 6.45) is 8.84. The number of rotatable bonds is 21. The molecule has 10 nitrogen and oxygen atoms in total. The Kier molecular flexibility index (Phi) is 15.1. The normalized spacial score (nSPS) is 19.5. The summed E-state index contributed by atoms with van der Waals surface area (Å²) in [5, 5.41) is 15.0. The predicted molar refractivity (Wildman–Crippen MR) is 185 cm³/mol. The number of nitrogens with one attached hydrogen (secondary N) is 5. The number of carbonyl (C=O) groups excluding carboxylic acids is 5. The van der Waals surface area contributed by atoms with Gasteiger partial charge in [0, 0.05) is 36.8 Å². The molecule has 11 heteroatoms. The third kappa shape index (κ3) is 12.7. The SMILES string of the molecule is O=C[C@H](CCCCNC(=O)CCCC[C@@H]1SC[C@@H]2NC(=O)N[C@@H]21)NC(=O)[C@H](Cc1ccccc1)NC(=O)CCCCc1ccccc1. The fourth-order valence-electron chi connectivity index (χ4n) is 6.12. The molecule has 0 unspecified atom stereocenters. The van der Waals surface area contributed by atoms with Crippen molar-refractivity contribution in [1.29, 1.82) is 0 Å². The Morgan fingerprint density at radius 3 is 2.28 bits per heavy atom. The first-order valence-electron chi connectivity index (χ1n) is 17.0. The number of aldehydes is 1. The van der Waals surface area contributed by atoms with Crippen molar-refractivity contribution < 1.29 is 24.0 Å². The molecule has 2 fully saturated rings. The summed E-state index contributed by atoms with van der Waals surface area (Å²) in [5.41, 5.74) is 2.15. The molecule has 5 amide bonds. The van der Waals surface area contributed by atoms with Crippen molar-refractivity contribution >= 4 is 41.8 Å². The molecule has 5 N–H and O–H groups in total. The van der Waals surface area contributed by atoms with Crippen LogP contribution in [0.2, 0.25) is 0 Å². The summed E-state index contributed by atoms with van der Waals surface area (Å²) in [7, 11) is 0. The van der Waals surface area contributed by atoms with Crippen LogP contribution >= 0.6 is 11.8 Å². The van der Waals surface area contributed by atoms with Gasteiger partial charge in [-0.2, -0.15) is 11.8 Å². The van der Waals surface area contributed by atoms with Crippen LogP contribution in [0.15, 0.2) is 60.7 Å². The number of urea groups is 1. The molecule has 5 atom stereocenters. The Balaban J connectivity index is 1.11. The van der Waals surface area contributed by atoms with Crippen LogP contribution in [0.25, 0.3) is 0 Å². The summed E-state index contributed by atoms with van der Waals surface area (Å²) >= 11 is 1.88. The quantitative estimate of drug-likeness (QED) is 0.0780. The van der Waals surface area contributed by atoms with Crippen LogP contribution in [-0.2, 0) is 32.0 Å². The van der Waals surface area contributed by atoms with Crippen LogP contribution < -0.4 is 26.6 Å². The summed E-state index contributed by atoms with van der Waals surface area (Å²) in [4.78, 5) is 61.7. The van der Waals surface area contributed by atoms with Crippen LogP contribution in [0.1, 0.15) is 75.3 Å². The van der Waals surface area contributed by atoms with Crippen molar-refractivity contribution in [2.24, 2.45) is 0 Å². The Bertz CT molecular complexity index is 1300. The van der Waals surface area contributed by atoms with E-state index in [-0.39, 0.29) is 35.8 Å². The van der Waals surface area contributed by atoms with Gasteiger partial charge >= 0.3 is 6.03 Å². The van der Waals surface area contributed by atoms with Crippen LogP contribution in [0, 0.1) is 0 Å². The van der Waals surface area contributed by atoms with Gasteiger partial charge < -0.3 is 31.4 Å². The third-order valence-corrected chi connectivity index (χ3v) is 10.2. The lowest BCUT2D eigenvalue weighted by Gasteiger charge is -2.21. The summed E-state index contributed by atoms with van der Waals surface area (Å²) in [5.74, 6) is 0.384. The maximum absolute atomic E-state index is 13.3. The number of hydrogen-bond donors (Lipinski definition) is 5. The second-order valence-electron chi connectivity index (χ2n) is 12.5. The molecule has 2 aromatic carbocycles. The van der Waals surface area contributed by atoms with Crippen LogP contribution in [0.3, 0.4) is 0 Å². The van der Waals surface area contributed by atoms with Gasteiger partial charge in [-0.05, 0) is 62.5 Å². The maximum Gasteiger partial charge on any atom is 0.315 e. The summed E-state index contributed by atoms with van der Waals surface area (Å²) < 4.78 is 0. The first kappa shape index (κ1) is 36.0. The Hall–Kier alpha value is -3.86. The minimum absolute atomic E-state index is 0.0117. The van der Waals surface area contributed by atoms with Gasteiger partial charge in [0.1, 0.15) is 12.3 Å². The first-order chi connectivity index (χ1) is 22.9. The smallest absolute Gasteiger partial charge is 0.315 e. The van der Waals surface area contributed by atoms with Gasteiger partial charge in [-0.1, -0.05) is 67.1 Å². The zero-order valence-corrected chi connectivity index (χ0v) is 27.9. The number of unbranched alkanes of at least 4 members (excludes halogenated alkanes) is 3. The van der Waals surface area contributed by atoms with Gasteiger partial charge in [0.25, 0.3) is 0 Å². The summed E-state index contributed by atoms with van der Waals surface area (Å²) in [6, 6.07) is 18.5. The number of aryl methyl sites for hydroxylation is 1. The highest BCUT2D eigenvalue weighted by molar-refractivity contribution is 8.00. The number of fused-ring (bicyclic) bond motifs is 1. The van der Waals surface area contributed by atoms with E-state index in [9.17, 15) is 24.0 Å². The van der Waals surface area contributed by atoms with E-state index in [2.05, 4.69) is 38.7 Å². The topological polar surface area (TPSA) is 146 Å². The molecular formula is C36H49N5O5S. The zero-order valence-electron chi connectivity index (χ0n) is 27.1. The molecule has 0 bridgehead atoms. The van der Waals surface area contributed by atoms with Gasteiger partial charge in [-0.15, -0.1) is 0 Å². The van der Waals surface area contributed by atoms with Crippen molar-refractivity contribution in [1.82, 2.24) is 26.6 Å². The van der Waals surface area contributed by atoms with Crippen LogP contribution in [-0.4, -0.2) is 71.8 Å². The van der Waals surface area contributed by atoms with E-state index in [0.29, 0.717) is 56.7 Å². The van der Waals surface area contributed by atoms with Crippen molar-refractivity contribution in [3.8, 4) is 0 Å². The molecule has 0 radical (unpaired) electrons. The highest BCUT2D eigenvalue weighted by Crippen LogP contribution is 2.33. The van der Waals surface area contributed by atoms with Crippen molar-refractivity contribution in [2.75, 3.05) is 12.3 Å². The molecule has 0 spiro atoms. The monoisotopic (exact) mass is 663 g/mol. The number of hydrogen-bond acceptors (Lipinski definition) is 6. The molecule has 4 rings (SSSR count). The van der Waals surface area contributed by atoms with E-state index in [4.69, 9.17) is 0 Å². The lowest BCUT2D eigenvalue weighted by molar-refractivity contribution is -0.130. The lowest BCUT2D eigenvalue weighted by atomic mass is 10.0. The molecule has 47 heavy (non-hydrogen) atoms. The first-order valence-corrected chi connectivity index (χ1v) is 18.0. The molecule has 2 aliphatic rings.